The fraction of sp³-hybridized carbons (Fsp3) is 0.556. The molecule has 0 bridgehead atoms. The first-order chi connectivity index (χ1) is 11.1. The highest BCUT2D eigenvalue weighted by Crippen LogP contribution is 2.43. The van der Waals surface area contributed by atoms with Crippen molar-refractivity contribution in [2.45, 2.75) is 63.3 Å². The van der Waals surface area contributed by atoms with Crippen LogP contribution in [0.3, 0.4) is 0 Å². The smallest absolute Gasteiger partial charge is 0.288 e. The Morgan fingerprint density at radius 1 is 1.22 bits per heavy atom. The van der Waals surface area contributed by atoms with Gasteiger partial charge in [-0.05, 0) is 44.5 Å². The summed E-state index contributed by atoms with van der Waals surface area (Å²) in [7, 11) is 0. The number of nitrogens with zero attached hydrogens (tertiary/aromatic N) is 1. The second-order valence-corrected chi connectivity index (χ2v) is 8.09. The van der Waals surface area contributed by atoms with Crippen molar-refractivity contribution >= 4 is 34.3 Å². The number of thioether (sulfide) groups is 1. The number of rotatable bonds is 2. The van der Waals surface area contributed by atoms with E-state index in [2.05, 4.69) is 43.4 Å². The highest BCUT2D eigenvalue weighted by atomic mass is 32.2. The lowest BCUT2D eigenvalue weighted by molar-refractivity contribution is 0.237. The van der Waals surface area contributed by atoms with E-state index >= 15 is 0 Å². The van der Waals surface area contributed by atoms with E-state index in [1.807, 2.05) is 0 Å². The van der Waals surface area contributed by atoms with E-state index in [-0.39, 0.29) is 16.5 Å². The van der Waals surface area contributed by atoms with E-state index in [1.165, 1.54) is 42.2 Å². The van der Waals surface area contributed by atoms with Crippen LogP contribution in [-0.2, 0) is 0 Å². The zero-order chi connectivity index (χ0) is 16.4. The lowest BCUT2D eigenvalue weighted by Gasteiger charge is -2.30. The summed E-state index contributed by atoms with van der Waals surface area (Å²) in [5.74, 6) is 0. The molecule has 124 valence electrons. The van der Waals surface area contributed by atoms with Crippen LogP contribution in [0.4, 0.5) is 4.79 Å². The number of aryl methyl sites for hydroxylation is 1. The van der Waals surface area contributed by atoms with Gasteiger partial charge in [0.05, 0.1) is 11.3 Å². The van der Waals surface area contributed by atoms with Crippen LogP contribution in [0.15, 0.2) is 24.3 Å². The number of amides is 1. The maximum atomic E-state index is 12.5. The van der Waals surface area contributed by atoms with Gasteiger partial charge < -0.3 is 5.32 Å². The van der Waals surface area contributed by atoms with Gasteiger partial charge in [-0.15, -0.1) is 0 Å². The standard InChI is InChI=1S/C18H24N2OS2/c1-12-8-10-14(11-9-12)16-13(2)20(18(21)23-16)17(22)19-15-6-4-3-5-7-15/h8-11,13,15-16H,3-7H2,1-2H3,(H,19,22)/t13-,16+/m0/s1. The molecule has 1 aromatic carbocycles. The lowest BCUT2D eigenvalue weighted by atomic mass is 9.96. The molecule has 1 saturated heterocycles. The average Bonchev–Trinajstić information content (AvgIpc) is 2.84. The molecule has 23 heavy (non-hydrogen) atoms. The molecule has 3 nitrogen and oxygen atoms in total. The summed E-state index contributed by atoms with van der Waals surface area (Å²) >= 11 is 6.94. The van der Waals surface area contributed by atoms with Gasteiger partial charge in [0.25, 0.3) is 5.24 Å². The molecule has 1 aliphatic heterocycles. The topological polar surface area (TPSA) is 32.3 Å². The predicted molar refractivity (Wildman–Crippen MR) is 101 cm³/mol. The van der Waals surface area contributed by atoms with Gasteiger partial charge in [-0.25, -0.2) is 0 Å². The largest absolute Gasteiger partial charge is 0.359 e. The minimum Gasteiger partial charge on any atom is -0.359 e. The molecule has 1 amide bonds. The van der Waals surface area contributed by atoms with E-state index in [9.17, 15) is 4.79 Å². The highest BCUT2D eigenvalue weighted by Gasteiger charge is 2.41. The SMILES string of the molecule is Cc1ccc([C@@H]2SC(=O)N(C(=S)NC3CCCCC3)[C@H]2C)cc1. The molecule has 0 radical (unpaired) electrons. The van der Waals surface area contributed by atoms with E-state index in [1.54, 1.807) is 4.90 Å². The van der Waals surface area contributed by atoms with Crippen LogP contribution in [0.25, 0.3) is 0 Å². The van der Waals surface area contributed by atoms with Crippen LogP contribution >= 0.6 is 24.0 Å². The number of thiocarbonyl (C=S) groups is 1. The summed E-state index contributed by atoms with van der Waals surface area (Å²) in [6.45, 7) is 4.17. The van der Waals surface area contributed by atoms with Gasteiger partial charge in [-0.2, -0.15) is 0 Å². The Morgan fingerprint density at radius 2 is 1.87 bits per heavy atom. The third-order valence-electron chi connectivity index (χ3n) is 4.83. The lowest BCUT2D eigenvalue weighted by Crippen LogP contribution is -2.48. The van der Waals surface area contributed by atoms with Crippen LogP contribution in [0, 0.1) is 6.92 Å². The first kappa shape index (κ1) is 16.8. The molecule has 2 fully saturated rings. The molecule has 1 saturated carbocycles. The van der Waals surface area contributed by atoms with Crippen molar-refractivity contribution in [1.82, 2.24) is 10.2 Å². The minimum absolute atomic E-state index is 0.0661. The maximum Gasteiger partial charge on any atom is 0.288 e. The maximum absolute atomic E-state index is 12.5. The summed E-state index contributed by atoms with van der Waals surface area (Å²) in [4.78, 5) is 14.3. The summed E-state index contributed by atoms with van der Waals surface area (Å²) in [6.07, 6.45) is 6.14. The van der Waals surface area contributed by atoms with Crippen molar-refractivity contribution in [3.8, 4) is 0 Å². The fourth-order valence-electron chi connectivity index (χ4n) is 3.43. The number of carbonyl (C=O) groups is 1. The average molecular weight is 349 g/mol. The Balaban J connectivity index is 1.69. The van der Waals surface area contributed by atoms with Gasteiger partial charge in [0, 0.05) is 6.04 Å². The third kappa shape index (κ3) is 3.72. The summed E-state index contributed by atoms with van der Waals surface area (Å²) < 4.78 is 0. The summed E-state index contributed by atoms with van der Waals surface area (Å²) in [5, 5.41) is 4.25. The molecule has 1 aromatic rings. The third-order valence-corrected chi connectivity index (χ3v) is 6.46. The Morgan fingerprint density at radius 3 is 2.52 bits per heavy atom. The van der Waals surface area contributed by atoms with Gasteiger partial charge in [0.2, 0.25) is 0 Å². The number of benzene rings is 1. The van der Waals surface area contributed by atoms with Gasteiger partial charge in [-0.3, -0.25) is 9.69 Å². The summed E-state index contributed by atoms with van der Waals surface area (Å²) in [6, 6.07) is 8.97. The Labute approximate surface area is 148 Å². The van der Waals surface area contributed by atoms with E-state index in [4.69, 9.17) is 12.2 Å². The van der Waals surface area contributed by atoms with Crippen molar-refractivity contribution in [3.05, 3.63) is 35.4 Å². The van der Waals surface area contributed by atoms with Crippen molar-refractivity contribution in [3.63, 3.8) is 0 Å². The second kappa shape index (κ2) is 7.22. The zero-order valence-corrected chi connectivity index (χ0v) is 15.4. The Hall–Kier alpha value is -1.07. The Bertz CT molecular complexity index is 581. The van der Waals surface area contributed by atoms with Crippen LogP contribution in [0.5, 0.6) is 0 Å². The monoisotopic (exact) mass is 348 g/mol. The van der Waals surface area contributed by atoms with Crippen LogP contribution in [-0.4, -0.2) is 27.3 Å². The van der Waals surface area contributed by atoms with Gasteiger partial charge in [0.1, 0.15) is 0 Å². The first-order valence-corrected chi connectivity index (χ1v) is 9.72. The normalized spacial score (nSPS) is 25.7. The molecular weight excluding hydrogens is 324 g/mol. The van der Waals surface area contributed by atoms with Crippen LogP contribution in [0.2, 0.25) is 0 Å². The van der Waals surface area contributed by atoms with Gasteiger partial charge >= 0.3 is 0 Å². The van der Waals surface area contributed by atoms with Crippen molar-refractivity contribution in [1.29, 1.82) is 0 Å². The molecule has 1 N–H and O–H groups in total. The van der Waals surface area contributed by atoms with E-state index in [0.717, 1.165) is 12.8 Å². The molecule has 0 aromatic heterocycles. The number of hydrogen-bond acceptors (Lipinski definition) is 3. The van der Waals surface area contributed by atoms with Crippen LogP contribution in [0.1, 0.15) is 55.4 Å². The van der Waals surface area contributed by atoms with Crippen molar-refractivity contribution < 1.29 is 4.79 Å². The number of hydrogen-bond donors (Lipinski definition) is 1. The minimum atomic E-state index is 0.0661. The molecular formula is C18H24N2OS2. The van der Waals surface area contributed by atoms with E-state index in [0.29, 0.717) is 11.2 Å². The molecule has 2 atom stereocenters. The second-order valence-electron chi connectivity index (χ2n) is 6.61. The molecule has 2 aliphatic rings. The van der Waals surface area contributed by atoms with Crippen LogP contribution < -0.4 is 5.32 Å². The van der Waals surface area contributed by atoms with Gasteiger partial charge in [-0.1, -0.05) is 60.9 Å². The Kier molecular flexibility index (Phi) is 5.27. The quantitative estimate of drug-likeness (QED) is 0.778. The number of carbonyl (C=O) groups excluding carboxylic acids is 1. The predicted octanol–water partition coefficient (Wildman–Crippen LogP) is 4.80. The zero-order valence-electron chi connectivity index (χ0n) is 13.7. The fourth-order valence-corrected chi connectivity index (χ4v) is 5.10. The first-order valence-electron chi connectivity index (χ1n) is 8.43. The molecule has 0 unspecified atom stereocenters. The molecule has 1 aliphatic carbocycles. The highest BCUT2D eigenvalue weighted by molar-refractivity contribution is 8.14. The molecule has 0 spiro atoms. The molecule has 5 heteroatoms. The van der Waals surface area contributed by atoms with Gasteiger partial charge in [0.15, 0.2) is 5.11 Å². The van der Waals surface area contributed by atoms with E-state index < -0.39 is 0 Å². The molecule has 3 rings (SSSR count). The molecule has 1 heterocycles. The summed E-state index contributed by atoms with van der Waals surface area (Å²) in [5.41, 5.74) is 2.44. The van der Waals surface area contributed by atoms with Crippen molar-refractivity contribution in [2.75, 3.05) is 0 Å². The van der Waals surface area contributed by atoms with Crippen molar-refractivity contribution in [2.24, 2.45) is 0 Å². The number of nitrogens with one attached hydrogen (secondary N) is 1.